The summed E-state index contributed by atoms with van der Waals surface area (Å²) in [6.45, 7) is 0.272. The Balaban J connectivity index is 2.01. The first-order valence-electron chi connectivity index (χ1n) is 7.14. The maximum absolute atomic E-state index is 11.2. The Labute approximate surface area is 123 Å². The van der Waals surface area contributed by atoms with Gasteiger partial charge in [0, 0.05) is 22.5 Å². The Morgan fingerprint density at radius 1 is 1.43 bits per heavy atom. The summed E-state index contributed by atoms with van der Waals surface area (Å²) in [5.41, 5.74) is 1.33. The van der Waals surface area contributed by atoms with E-state index in [2.05, 4.69) is 5.97 Å². The van der Waals surface area contributed by atoms with Crippen LogP contribution in [0.1, 0.15) is 34.3 Å². The summed E-state index contributed by atoms with van der Waals surface area (Å²) in [4.78, 5) is 11.2. The lowest BCUT2D eigenvalue weighted by atomic mass is 9.39. The number of aliphatic hydroxyl groups is 1. The van der Waals surface area contributed by atoms with Crippen LogP contribution in [0.4, 0.5) is 0 Å². The SMILES string of the molecule is N#CB1CCC2(CC1)COc1c2ccc(C(=O)O)c1CO. The minimum Gasteiger partial charge on any atom is -0.492 e. The largest absolute Gasteiger partial charge is 0.492 e. The summed E-state index contributed by atoms with van der Waals surface area (Å²) in [6, 6.07) is 3.37. The average molecular weight is 285 g/mol. The number of carbonyl (C=O) groups is 1. The first kappa shape index (κ1) is 14.0. The molecule has 5 nitrogen and oxygen atoms in total. The topological polar surface area (TPSA) is 90.5 Å². The Morgan fingerprint density at radius 2 is 2.14 bits per heavy atom. The van der Waals surface area contributed by atoms with Crippen LogP contribution < -0.4 is 4.74 Å². The number of aromatic carboxylic acids is 1. The number of hydrogen-bond donors (Lipinski definition) is 2. The van der Waals surface area contributed by atoms with E-state index >= 15 is 0 Å². The zero-order chi connectivity index (χ0) is 15.0. The molecule has 6 heteroatoms. The van der Waals surface area contributed by atoms with Crippen molar-refractivity contribution in [2.45, 2.75) is 37.5 Å². The van der Waals surface area contributed by atoms with Gasteiger partial charge in [0.1, 0.15) is 5.75 Å². The molecule has 0 aromatic heterocycles. The van der Waals surface area contributed by atoms with E-state index in [1.807, 2.05) is 6.07 Å². The number of hydrogen-bond acceptors (Lipinski definition) is 4. The molecule has 108 valence electrons. The standard InChI is InChI=1S/C15H16BNO4/c17-9-16-5-3-15(4-6-16)8-21-13-11(7-18)10(14(19)20)1-2-12(13)15/h1-2,18H,3-8H2,(H,19,20). The van der Waals surface area contributed by atoms with Crippen LogP contribution in [-0.4, -0.2) is 29.5 Å². The van der Waals surface area contributed by atoms with Gasteiger partial charge < -0.3 is 14.9 Å². The molecule has 1 saturated heterocycles. The third-order valence-corrected chi connectivity index (χ3v) is 4.84. The normalized spacial score (nSPS) is 19.0. The van der Waals surface area contributed by atoms with Gasteiger partial charge in [0.2, 0.25) is 0 Å². The Hall–Kier alpha value is -2.00. The minimum absolute atomic E-state index is 0.0963. The molecule has 0 atom stereocenters. The summed E-state index contributed by atoms with van der Waals surface area (Å²) >= 11 is 0. The van der Waals surface area contributed by atoms with Gasteiger partial charge in [0.15, 0.2) is 0 Å². The molecule has 2 N–H and O–H groups in total. The average Bonchev–Trinajstić information content (AvgIpc) is 2.86. The summed E-state index contributed by atoms with van der Waals surface area (Å²) in [7, 11) is 0. The van der Waals surface area contributed by atoms with Crippen LogP contribution in [0.15, 0.2) is 12.1 Å². The van der Waals surface area contributed by atoms with E-state index in [9.17, 15) is 15.0 Å². The zero-order valence-corrected chi connectivity index (χ0v) is 11.6. The Morgan fingerprint density at radius 3 is 2.71 bits per heavy atom. The second-order valence-corrected chi connectivity index (χ2v) is 5.90. The number of carboxylic acids is 1. The highest BCUT2D eigenvalue weighted by Crippen LogP contribution is 2.49. The van der Waals surface area contributed by atoms with Crippen LogP contribution in [-0.2, 0) is 12.0 Å². The number of benzene rings is 1. The number of carboxylic acid groups (broad SMARTS) is 1. The highest BCUT2D eigenvalue weighted by Gasteiger charge is 2.45. The van der Waals surface area contributed by atoms with Crippen molar-refractivity contribution in [2.24, 2.45) is 0 Å². The second kappa shape index (κ2) is 5.08. The molecule has 0 bridgehead atoms. The lowest BCUT2D eigenvalue weighted by Crippen LogP contribution is -2.35. The fraction of sp³-hybridized carbons (Fsp3) is 0.467. The number of aliphatic hydroxyl groups excluding tert-OH is 1. The van der Waals surface area contributed by atoms with Gasteiger partial charge in [-0.15, -0.1) is 0 Å². The zero-order valence-electron chi connectivity index (χ0n) is 11.6. The number of fused-ring (bicyclic) bond motifs is 2. The van der Waals surface area contributed by atoms with Crippen LogP contribution in [0, 0.1) is 11.2 Å². The molecule has 1 fully saturated rings. The molecule has 2 heterocycles. The molecule has 1 aromatic rings. The van der Waals surface area contributed by atoms with Crippen LogP contribution in [0.25, 0.3) is 0 Å². The Bertz CT molecular complexity index is 629. The third kappa shape index (κ3) is 2.09. The lowest BCUT2D eigenvalue weighted by Gasteiger charge is -2.33. The highest BCUT2D eigenvalue weighted by atomic mass is 16.5. The van der Waals surface area contributed by atoms with Gasteiger partial charge in [-0.05, 0) is 18.9 Å². The molecule has 2 aliphatic rings. The maximum Gasteiger partial charge on any atom is 0.336 e. The number of nitriles is 1. The molecular formula is C15H16BNO4. The first-order valence-corrected chi connectivity index (χ1v) is 7.14. The number of rotatable bonds is 2. The molecule has 3 rings (SSSR count). The molecule has 21 heavy (non-hydrogen) atoms. The minimum atomic E-state index is -1.06. The van der Waals surface area contributed by atoms with E-state index in [0.717, 1.165) is 31.0 Å². The smallest absolute Gasteiger partial charge is 0.336 e. The van der Waals surface area contributed by atoms with E-state index in [4.69, 9.17) is 10.00 Å². The molecular weight excluding hydrogens is 269 g/mol. The van der Waals surface area contributed by atoms with Crippen molar-refractivity contribution in [1.29, 1.82) is 5.26 Å². The van der Waals surface area contributed by atoms with Crippen LogP contribution in [0.2, 0.25) is 12.6 Å². The van der Waals surface area contributed by atoms with Crippen molar-refractivity contribution >= 4 is 12.7 Å². The molecule has 0 radical (unpaired) electrons. The summed E-state index contributed by atoms with van der Waals surface area (Å²) in [6.07, 6.45) is 3.42. The molecule has 1 spiro atoms. The molecule has 0 aliphatic carbocycles. The van der Waals surface area contributed by atoms with E-state index < -0.39 is 5.97 Å². The molecule has 1 aromatic carbocycles. The van der Waals surface area contributed by atoms with E-state index in [1.54, 1.807) is 6.07 Å². The molecule has 0 saturated carbocycles. The first-order chi connectivity index (χ1) is 10.1. The van der Waals surface area contributed by atoms with Crippen LogP contribution in [0.3, 0.4) is 0 Å². The second-order valence-electron chi connectivity index (χ2n) is 5.90. The molecule has 0 unspecified atom stereocenters. The lowest BCUT2D eigenvalue weighted by molar-refractivity contribution is 0.0692. The summed E-state index contributed by atoms with van der Waals surface area (Å²) in [5.74, 6) is 1.80. The van der Waals surface area contributed by atoms with Gasteiger partial charge in [0.05, 0.1) is 18.8 Å². The van der Waals surface area contributed by atoms with Crippen LogP contribution in [0.5, 0.6) is 5.75 Å². The summed E-state index contributed by atoms with van der Waals surface area (Å²) in [5, 5.41) is 27.7. The predicted molar refractivity (Wildman–Crippen MR) is 76.7 cm³/mol. The third-order valence-electron chi connectivity index (χ3n) is 4.84. The number of ether oxygens (including phenoxy) is 1. The van der Waals surface area contributed by atoms with Crippen molar-refractivity contribution in [3.8, 4) is 11.7 Å². The fourth-order valence-electron chi connectivity index (χ4n) is 3.57. The fourth-order valence-corrected chi connectivity index (χ4v) is 3.57. The van der Waals surface area contributed by atoms with Gasteiger partial charge in [0.25, 0.3) is 6.71 Å². The molecule has 0 amide bonds. The van der Waals surface area contributed by atoms with Gasteiger partial charge in [-0.1, -0.05) is 18.7 Å². The van der Waals surface area contributed by atoms with Gasteiger partial charge in [-0.25, -0.2) is 10.1 Å². The van der Waals surface area contributed by atoms with E-state index in [0.29, 0.717) is 17.9 Å². The monoisotopic (exact) mass is 285 g/mol. The van der Waals surface area contributed by atoms with Crippen molar-refractivity contribution in [1.82, 2.24) is 0 Å². The van der Waals surface area contributed by atoms with E-state index in [-0.39, 0.29) is 24.3 Å². The highest BCUT2D eigenvalue weighted by molar-refractivity contribution is 6.67. The number of nitrogens with zero attached hydrogens (tertiary/aromatic N) is 1. The van der Waals surface area contributed by atoms with Crippen molar-refractivity contribution in [2.75, 3.05) is 6.61 Å². The van der Waals surface area contributed by atoms with Gasteiger partial charge in [-0.2, -0.15) is 0 Å². The van der Waals surface area contributed by atoms with E-state index in [1.165, 1.54) is 0 Å². The van der Waals surface area contributed by atoms with Crippen LogP contribution >= 0.6 is 0 Å². The van der Waals surface area contributed by atoms with Crippen molar-refractivity contribution < 1.29 is 19.7 Å². The quantitative estimate of drug-likeness (QED) is 0.809. The van der Waals surface area contributed by atoms with Gasteiger partial charge >= 0.3 is 5.97 Å². The predicted octanol–water partition coefficient (Wildman–Crippen LogP) is 1.86. The maximum atomic E-state index is 11.2. The van der Waals surface area contributed by atoms with Crippen molar-refractivity contribution in [3.05, 3.63) is 28.8 Å². The molecule has 2 aliphatic heterocycles. The Kier molecular flexibility index (Phi) is 3.38. The summed E-state index contributed by atoms with van der Waals surface area (Å²) < 4.78 is 5.77. The van der Waals surface area contributed by atoms with Crippen molar-refractivity contribution in [3.63, 3.8) is 0 Å². The van der Waals surface area contributed by atoms with Gasteiger partial charge in [-0.3, -0.25) is 0 Å².